The molecule has 4 rings (SSSR count). The Labute approximate surface area is 180 Å². The van der Waals surface area contributed by atoms with Crippen molar-refractivity contribution in [1.29, 1.82) is 0 Å². The number of likely N-dealkylation sites (tertiary alicyclic amines) is 1. The van der Waals surface area contributed by atoms with Crippen molar-refractivity contribution in [1.82, 2.24) is 9.80 Å². The second-order valence-electron chi connectivity index (χ2n) is 8.78. The van der Waals surface area contributed by atoms with E-state index in [2.05, 4.69) is 28.9 Å². The summed E-state index contributed by atoms with van der Waals surface area (Å²) in [7, 11) is 0. The second kappa shape index (κ2) is 10.3. The molecule has 2 fully saturated rings. The van der Waals surface area contributed by atoms with Crippen LogP contribution in [0.3, 0.4) is 0 Å². The van der Waals surface area contributed by atoms with Gasteiger partial charge in [0.1, 0.15) is 0 Å². The van der Waals surface area contributed by atoms with Crippen LogP contribution < -0.4 is 0 Å². The third-order valence-corrected chi connectivity index (χ3v) is 6.58. The third kappa shape index (κ3) is 5.37. The van der Waals surface area contributed by atoms with E-state index in [9.17, 15) is 4.79 Å². The van der Waals surface area contributed by atoms with E-state index in [1.807, 2.05) is 42.5 Å². The number of ketones is 1. The first kappa shape index (κ1) is 21.2. The Kier molecular flexibility index (Phi) is 7.32. The number of ether oxygens (including phenoxy) is 1. The van der Waals surface area contributed by atoms with E-state index in [1.54, 1.807) is 0 Å². The van der Waals surface area contributed by atoms with E-state index in [1.165, 1.54) is 31.4 Å². The molecule has 2 aromatic carbocycles. The van der Waals surface area contributed by atoms with E-state index in [-0.39, 0.29) is 5.78 Å². The fourth-order valence-electron chi connectivity index (χ4n) is 4.79. The monoisotopic (exact) mass is 406 g/mol. The summed E-state index contributed by atoms with van der Waals surface area (Å²) in [6.07, 6.45) is 3.91. The van der Waals surface area contributed by atoms with Gasteiger partial charge in [-0.3, -0.25) is 14.6 Å². The van der Waals surface area contributed by atoms with E-state index in [4.69, 9.17) is 4.74 Å². The molecule has 2 aliphatic heterocycles. The number of carbonyl (C=O) groups excluding carboxylic acids is 1. The number of nitrogens with zero attached hydrogens (tertiary/aromatic N) is 2. The quantitative estimate of drug-likeness (QED) is 0.645. The number of carbonyl (C=O) groups is 1. The molecule has 2 aromatic rings. The minimum Gasteiger partial charge on any atom is -0.379 e. The Morgan fingerprint density at radius 3 is 2.57 bits per heavy atom. The van der Waals surface area contributed by atoms with Gasteiger partial charge in [0.15, 0.2) is 5.78 Å². The minimum atomic E-state index is 0.104. The van der Waals surface area contributed by atoms with Crippen LogP contribution in [0.4, 0.5) is 0 Å². The van der Waals surface area contributed by atoms with E-state index < -0.39 is 0 Å². The summed E-state index contributed by atoms with van der Waals surface area (Å²) >= 11 is 0. The Bertz CT molecular complexity index is 817. The first-order chi connectivity index (χ1) is 14.7. The summed E-state index contributed by atoms with van der Waals surface area (Å²) in [4.78, 5) is 18.1. The highest BCUT2D eigenvalue weighted by Gasteiger charge is 2.27. The fourth-order valence-corrected chi connectivity index (χ4v) is 4.79. The molecule has 30 heavy (non-hydrogen) atoms. The zero-order valence-corrected chi connectivity index (χ0v) is 18.1. The van der Waals surface area contributed by atoms with Crippen molar-refractivity contribution in [3.8, 4) is 0 Å². The van der Waals surface area contributed by atoms with Crippen LogP contribution in [0, 0.1) is 0 Å². The van der Waals surface area contributed by atoms with Crippen molar-refractivity contribution in [2.75, 3.05) is 45.9 Å². The van der Waals surface area contributed by atoms with Gasteiger partial charge in [-0.05, 0) is 36.9 Å². The largest absolute Gasteiger partial charge is 0.379 e. The Balaban J connectivity index is 1.42. The summed E-state index contributed by atoms with van der Waals surface area (Å²) in [6, 6.07) is 18.4. The van der Waals surface area contributed by atoms with Gasteiger partial charge in [0.05, 0.1) is 13.2 Å². The van der Waals surface area contributed by atoms with Crippen LogP contribution in [-0.4, -0.2) is 67.6 Å². The third-order valence-electron chi connectivity index (χ3n) is 6.58. The maximum absolute atomic E-state index is 12.9. The number of hydrogen-bond acceptors (Lipinski definition) is 4. The maximum Gasteiger partial charge on any atom is 0.193 e. The first-order valence-electron chi connectivity index (χ1n) is 11.4. The summed E-state index contributed by atoms with van der Waals surface area (Å²) in [5.41, 5.74) is 2.80. The van der Waals surface area contributed by atoms with Crippen LogP contribution in [0.1, 0.15) is 53.6 Å². The number of rotatable bonds is 7. The Morgan fingerprint density at radius 2 is 1.77 bits per heavy atom. The van der Waals surface area contributed by atoms with Crippen molar-refractivity contribution in [3.63, 3.8) is 0 Å². The Hall–Kier alpha value is -2.01. The molecule has 0 radical (unpaired) electrons. The highest BCUT2D eigenvalue weighted by molar-refractivity contribution is 6.09. The van der Waals surface area contributed by atoms with Gasteiger partial charge in [0.2, 0.25) is 0 Å². The van der Waals surface area contributed by atoms with Gasteiger partial charge in [-0.1, -0.05) is 61.9 Å². The van der Waals surface area contributed by atoms with Crippen LogP contribution in [-0.2, 0) is 4.74 Å². The van der Waals surface area contributed by atoms with Gasteiger partial charge >= 0.3 is 0 Å². The predicted octanol–water partition coefficient (Wildman–Crippen LogP) is 4.21. The highest BCUT2D eigenvalue weighted by Crippen LogP contribution is 2.25. The molecule has 4 nitrogen and oxygen atoms in total. The molecule has 0 N–H and O–H groups in total. The highest BCUT2D eigenvalue weighted by atomic mass is 16.5. The molecule has 0 saturated carbocycles. The lowest BCUT2D eigenvalue weighted by Gasteiger charge is -2.40. The molecule has 0 spiro atoms. The molecule has 2 heterocycles. The summed E-state index contributed by atoms with van der Waals surface area (Å²) in [6.45, 7) is 9.54. The van der Waals surface area contributed by atoms with Crippen molar-refractivity contribution in [2.45, 2.75) is 38.1 Å². The van der Waals surface area contributed by atoms with Crippen LogP contribution in [0.15, 0.2) is 54.6 Å². The first-order valence-corrected chi connectivity index (χ1v) is 11.4. The average Bonchev–Trinajstić information content (AvgIpc) is 2.81. The summed E-state index contributed by atoms with van der Waals surface area (Å²) < 4.78 is 5.52. The molecule has 2 atom stereocenters. The van der Waals surface area contributed by atoms with Gasteiger partial charge in [0.25, 0.3) is 0 Å². The Morgan fingerprint density at radius 1 is 1.00 bits per heavy atom. The van der Waals surface area contributed by atoms with Crippen LogP contribution in [0.25, 0.3) is 0 Å². The topological polar surface area (TPSA) is 32.8 Å². The molecular weight excluding hydrogens is 372 g/mol. The number of benzene rings is 2. The lowest BCUT2D eigenvalue weighted by Crippen LogP contribution is -2.50. The van der Waals surface area contributed by atoms with Gasteiger partial charge < -0.3 is 4.74 Å². The molecule has 0 aliphatic carbocycles. The van der Waals surface area contributed by atoms with E-state index >= 15 is 0 Å². The van der Waals surface area contributed by atoms with Crippen LogP contribution >= 0.6 is 0 Å². The van der Waals surface area contributed by atoms with E-state index in [0.717, 1.165) is 50.5 Å². The fraction of sp³-hybridized carbons (Fsp3) is 0.500. The maximum atomic E-state index is 12.9. The van der Waals surface area contributed by atoms with Crippen molar-refractivity contribution in [2.24, 2.45) is 0 Å². The van der Waals surface area contributed by atoms with E-state index in [0.29, 0.717) is 12.0 Å². The van der Waals surface area contributed by atoms with Crippen LogP contribution in [0.5, 0.6) is 0 Å². The zero-order chi connectivity index (χ0) is 20.8. The molecule has 2 aliphatic rings. The summed E-state index contributed by atoms with van der Waals surface area (Å²) in [5, 5.41) is 0. The molecule has 160 valence electrons. The van der Waals surface area contributed by atoms with Crippen molar-refractivity contribution in [3.05, 3.63) is 71.3 Å². The van der Waals surface area contributed by atoms with Crippen molar-refractivity contribution < 1.29 is 9.53 Å². The molecule has 2 saturated heterocycles. The second-order valence-corrected chi connectivity index (χ2v) is 8.78. The zero-order valence-electron chi connectivity index (χ0n) is 18.1. The standard InChI is InChI=1S/C26H34N2O2/c1-21(19-28-13-6-5-12-25(28)20-27-14-16-30-17-15-27)23-10-7-11-24(18-23)26(29)22-8-3-2-4-9-22/h2-4,7-11,18,21,25H,5-6,12-17,19-20H2,1H3. The number of morpholine rings is 1. The van der Waals surface area contributed by atoms with Gasteiger partial charge in [-0.25, -0.2) is 0 Å². The number of piperidine rings is 1. The van der Waals surface area contributed by atoms with Gasteiger partial charge in [0, 0.05) is 43.3 Å². The molecule has 0 bridgehead atoms. The van der Waals surface area contributed by atoms with Gasteiger partial charge in [-0.15, -0.1) is 0 Å². The summed E-state index contributed by atoms with van der Waals surface area (Å²) in [5.74, 6) is 0.506. The van der Waals surface area contributed by atoms with Crippen LogP contribution in [0.2, 0.25) is 0 Å². The normalized spacial score (nSPS) is 22.0. The smallest absolute Gasteiger partial charge is 0.193 e. The van der Waals surface area contributed by atoms with Crippen molar-refractivity contribution >= 4 is 5.78 Å². The molecule has 0 amide bonds. The average molecular weight is 407 g/mol. The number of hydrogen-bond donors (Lipinski definition) is 0. The lowest BCUT2D eigenvalue weighted by atomic mass is 9.93. The minimum absolute atomic E-state index is 0.104. The predicted molar refractivity (Wildman–Crippen MR) is 121 cm³/mol. The molecule has 0 aromatic heterocycles. The lowest BCUT2D eigenvalue weighted by molar-refractivity contribution is 0.0159. The SMILES string of the molecule is CC(CN1CCCCC1CN1CCOCC1)c1cccc(C(=O)c2ccccc2)c1. The molecule has 4 heteroatoms. The molecular formula is C26H34N2O2. The molecule has 2 unspecified atom stereocenters. The van der Waals surface area contributed by atoms with Gasteiger partial charge in [-0.2, -0.15) is 0 Å².